The minimum absolute atomic E-state index is 0.706. The molecule has 3 heteroatoms. The van der Waals surface area contributed by atoms with Crippen LogP contribution in [0, 0.1) is 6.92 Å². The predicted molar refractivity (Wildman–Crippen MR) is 128 cm³/mol. The van der Waals surface area contributed by atoms with E-state index in [1.807, 2.05) is 12.1 Å². The van der Waals surface area contributed by atoms with Crippen LogP contribution >= 0.6 is 0 Å². The molecule has 5 rings (SSSR count). The number of methoxy groups -OCH3 is 1. The zero-order valence-corrected chi connectivity index (χ0v) is 17.8. The van der Waals surface area contributed by atoms with Crippen LogP contribution in [0.15, 0.2) is 91.1 Å². The first kappa shape index (κ1) is 19.1. The summed E-state index contributed by atoms with van der Waals surface area (Å²) in [5, 5.41) is 3.48. The normalized spacial score (nSPS) is 12.4. The summed E-state index contributed by atoms with van der Waals surface area (Å²) in [6.45, 7) is 6.33. The van der Waals surface area contributed by atoms with Crippen LogP contribution in [-0.2, 0) is 6.42 Å². The number of pyridine rings is 1. The maximum Gasteiger partial charge on any atom is 0.122 e. The number of para-hydroxylation sites is 1. The molecule has 0 fully saturated rings. The molecule has 3 aromatic carbocycles. The van der Waals surface area contributed by atoms with Crippen molar-refractivity contribution >= 4 is 5.69 Å². The molecule has 0 unspecified atom stereocenters. The Morgan fingerprint density at radius 2 is 1.65 bits per heavy atom. The first-order valence-electron chi connectivity index (χ1n) is 10.4. The number of hydrogen-bond donors (Lipinski definition) is 1. The summed E-state index contributed by atoms with van der Waals surface area (Å²) in [7, 11) is 1.72. The van der Waals surface area contributed by atoms with Gasteiger partial charge >= 0.3 is 0 Å². The van der Waals surface area contributed by atoms with E-state index in [-0.39, 0.29) is 0 Å². The van der Waals surface area contributed by atoms with Crippen LogP contribution in [0.2, 0.25) is 0 Å². The number of benzene rings is 3. The van der Waals surface area contributed by atoms with E-state index in [2.05, 4.69) is 85.5 Å². The largest absolute Gasteiger partial charge is 0.496 e. The number of aryl methyl sites for hydroxylation is 1. The van der Waals surface area contributed by atoms with E-state index in [4.69, 9.17) is 9.72 Å². The predicted octanol–water partition coefficient (Wildman–Crippen LogP) is 6.88. The number of nitrogens with zero attached hydrogens (tertiary/aromatic N) is 1. The average Bonchev–Trinajstić information content (AvgIpc) is 2.95. The van der Waals surface area contributed by atoms with Gasteiger partial charge in [0.25, 0.3) is 0 Å². The van der Waals surface area contributed by atoms with Crippen molar-refractivity contribution in [1.82, 2.24) is 4.98 Å². The minimum atomic E-state index is 0.706. The summed E-state index contributed by atoms with van der Waals surface area (Å²) in [4.78, 5) is 5.15. The fourth-order valence-corrected chi connectivity index (χ4v) is 4.22. The van der Waals surface area contributed by atoms with Gasteiger partial charge in [0.15, 0.2) is 0 Å². The molecule has 1 N–H and O–H groups in total. The topological polar surface area (TPSA) is 34.1 Å². The number of ether oxygens (including phenoxy) is 1. The van der Waals surface area contributed by atoms with Gasteiger partial charge in [0.1, 0.15) is 5.75 Å². The van der Waals surface area contributed by atoms with E-state index in [9.17, 15) is 0 Å². The third kappa shape index (κ3) is 3.49. The molecule has 0 radical (unpaired) electrons. The molecule has 3 nitrogen and oxygen atoms in total. The molecule has 4 aromatic rings. The zero-order valence-electron chi connectivity index (χ0n) is 17.8. The molecular weight excluding hydrogens is 380 g/mol. The number of allylic oxidation sites excluding steroid dienone is 1. The fourth-order valence-electron chi connectivity index (χ4n) is 4.22. The standard InChI is InChI=1S/C28H24N2O/c1-18-13-14-21(16-27(18)31-3)23-17-26(20-9-5-4-6-10-20)30-28-22-11-7-8-12-25(22)29-19(2)15-24(23)28/h4-14,16-17,29H,2,15H2,1,3H3. The molecule has 2 heterocycles. The van der Waals surface area contributed by atoms with Crippen molar-refractivity contribution in [1.29, 1.82) is 0 Å². The van der Waals surface area contributed by atoms with Crippen LogP contribution in [0.1, 0.15) is 11.1 Å². The molecule has 0 aliphatic carbocycles. The summed E-state index contributed by atoms with van der Waals surface area (Å²) >= 11 is 0. The molecule has 0 atom stereocenters. The van der Waals surface area contributed by atoms with Crippen molar-refractivity contribution in [3.8, 4) is 39.4 Å². The Hall–Kier alpha value is -3.85. The van der Waals surface area contributed by atoms with Crippen LogP contribution in [0.5, 0.6) is 5.75 Å². The van der Waals surface area contributed by atoms with E-state index in [1.54, 1.807) is 7.11 Å². The fraction of sp³-hybridized carbons (Fsp3) is 0.107. The molecule has 152 valence electrons. The van der Waals surface area contributed by atoms with Crippen molar-refractivity contribution in [3.05, 3.63) is 102 Å². The first-order valence-corrected chi connectivity index (χ1v) is 10.4. The highest BCUT2D eigenvalue weighted by Crippen LogP contribution is 2.41. The van der Waals surface area contributed by atoms with E-state index in [0.29, 0.717) is 6.42 Å². The van der Waals surface area contributed by atoms with E-state index in [0.717, 1.165) is 56.3 Å². The van der Waals surface area contributed by atoms with Crippen molar-refractivity contribution in [2.45, 2.75) is 13.3 Å². The second kappa shape index (κ2) is 7.77. The maximum absolute atomic E-state index is 5.62. The number of rotatable bonds is 3. The lowest BCUT2D eigenvalue weighted by Crippen LogP contribution is -2.01. The lowest BCUT2D eigenvalue weighted by molar-refractivity contribution is 0.412. The van der Waals surface area contributed by atoms with Gasteiger partial charge < -0.3 is 10.1 Å². The van der Waals surface area contributed by atoms with Crippen LogP contribution in [0.25, 0.3) is 33.6 Å². The first-order chi connectivity index (χ1) is 15.1. The minimum Gasteiger partial charge on any atom is -0.496 e. The number of aromatic nitrogens is 1. The smallest absolute Gasteiger partial charge is 0.122 e. The van der Waals surface area contributed by atoms with Gasteiger partial charge in [0.2, 0.25) is 0 Å². The Balaban J connectivity index is 1.84. The highest BCUT2D eigenvalue weighted by molar-refractivity contribution is 5.88. The monoisotopic (exact) mass is 404 g/mol. The lowest BCUT2D eigenvalue weighted by Gasteiger charge is -2.17. The van der Waals surface area contributed by atoms with Crippen molar-refractivity contribution in [3.63, 3.8) is 0 Å². The van der Waals surface area contributed by atoms with Crippen molar-refractivity contribution in [2.24, 2.45) is 0 Å². The Morgan fingerprint density at radius 1 is 0.871 bits per heavy atom. The number of nitrogens with one attached hydrogen (secondary N) is 1. The third-order valence-corrected chi connectivity index (χ3v) is 5.80. The van der Waals surface area contributed by atoms with Crippen LogP contribution in [-0.4, -0.2) is 12.1 Å². The molecule has 1 aliphatic rings. The summed E-state index contributed by atoms with van der Waals surface area (Å²) in [6, 6.07) is 27.2. The lowest BCUT2D eigenvalue weighted by atomic mass is 9.91. The molecule has 0 spiro atoms. The zero-order chi connectivity index (χ0) is 21.4. The molecule has 0 saturated heterocycles. The van der Waals surface area contributed by atoms with E-state index in [1.165, 1.54) is 5.56 Å². The molecule has 1 aliphatic heterocycles. The van der Waals surface area contributed by atoms with Gasteiger partial charge in [-0.25, -0.2) is 4.98 Å². The molecule has 0 amide bonds. The SMILES string of the molecule is C=C1Cc2c(-c3ccc(C)c(OC)c3)cc(-c3ccccc3)nc2-c2ccccc2N1. The second-order valence-electron chi connectivity index (χ2n) is 7.88. The average molecular weight is 405 g/mol. The van der Waals surface area contributed by atoms with Gasteiger partial charge in [-0.3, -0.25) is 0 Å². The Morgan fingerprint density at radius 3 is 2.45 bits per heavy atom. The summed E-state index contributed by atoms with van der Waals surface area (Å²) in [5.41, 5.74) is 10.7. The van der Waals surface area contributed by atoms with Crippen molar-refractivity contribution in [2.75, 3.05) is 12.4 Å². The summed E-state index contributed by atoms with van der Waals surface area (Å²) < 4.78 is 5.62. The van der Waals surface area contributed by atoms with Gasteiger partial charge in [0.05, 0.1) is 18.5 Å². The summed E-state index contributed by atoms with van der Waals surface area (Å²) in [6.07, 6.45) is 0.706. The Labute approximate surface area is 183 Å². The van der Waals surface area contributed by atoms with Gasteiger partial charge in [-0.15, -0.1) is 0 Å². The van der Waals surface area contributed by atoms with Gasteiger partial charge in [-0.1, -0.05) is 67.2 Å². The molecule has 0 saturated carbocycles. The van der Waals surface area contributed by atoms with Gasteiger partial charge in [0, 0.05) is 28.9 Å². The Kier molecular flexibility index (Phi) is 4.79. The highest BCUT2D eigenvalue weighted by Gasteiger charge is 2.22. The molecule has 31 heavy (non-hydrogen) atoms. The quantitative estimate of drug-likeness (QED) is 0.404. The highest BCUT2D eigenvalue weighted by atomic mass is 16.5. The van der Waals surface area contributed by atoms with Crippen LogP contribution in [0.3, 0.4) is 0 Å². The van der Waals surface area contributed by atoms with E-state index < -0.39 is 0 Å². The van der Waals surface area contributed by atoms with Gasteiger partial charge in [-0.05, 0) is 47.4 Å². The second-order valence-corrected chi connectivity index (χ2v) is 7.88. The summed E-state index contributed by atoms with van der Waals surface area (Å²) in [5.74, 6) is 0.885. The number of anilines is 1. The third-order valence-electron chi connectivity index (χ3n) is 5.80. The number of hydrogen-bond acceptors (Lipinski definition) is 3. The molecule has 1 aromatic heterocycles. The van der Waals surface area contributed by atoms with Crippen molar-refractivity contribution < 1.29 is 4.74 Å². The molecule has 0 bridgehead atoms. The number of fused-ring (bicyclic) bond motifs is 3. The Bertz CT molecular complexity index is 1290. The molecular formula is C28H24N2O. The van der Waals surface area contributed by atoms with E-state index >= 15 is 0 Å². The maximum atomic E-state index is 5.62. The van der Waals surface area contributed by atoms with Crippen LogP contribution < -0.4 is 10.1 Å². The van der Waals surface area contributed by atoms with Gasteiger partial charge in [-0.2, -0.15) is 0 Å². The van der Waals surface area contributed by atoms with Crippen LogP contribution in [0.4, 0.5) is 5.69 Å².